The number of aliphatic hydroxyl groups is 1. The van der Waals surface area contributed by atoms with Crippen LogP contribution in [0.1, 0.15) is 39.0 Å². The Morgan fingerprint density at radius 1 is 1.12 bits per heavy atom. The van der Waals surface area contributed by atoms with Gasteiger partial charge in [-0.3, -0.25) is 24.2 Å². The van der Waals surface area contributed by atoms with Crippen molar-refractivity contribution in [3.63, 3.8) is 0 Å². The molecule has 3 amide bonds. The topological polar surface area (TPSA) is 264 Å². The summed E-state index contributed by atoms with van der Waals surface area (Å²) in [6.45, 7) is 1.53. The van der Waals surface area contributed by atoms with Crippen LogP contribution in [0.4, 0.5) is 0 Å². The van der Waals surface area contributed by atoms with Crippen LogP contribution in [-0.4, -0.2) is 99.2 Å². The molecule has 1 heterocycles. The third kappa shape index (κ3) is 8.82. The summed E-state index contributed by atoms with van der Waals surface area (Å²) in [7, 11) is 0. The quantitative estimate of drug-likeness (QED) is 0.0710. The molecule has 0 radical (unpaired) electrons. The molecule has 0 spiro atoms. The number of carboxylic acid groups (broad SMARTS) is 2. The Morgan fingerprint density at radius 2 is 1.76 bits per heavy atom. The Bertz CT molecular complexity index is 800. The van der Waals surface area contributed by atoms with Gasteiger partial charge in [0.25, 0.3) is 0 Å². The highest BCUT2D eigenvalue weighted by atomic mass is 16.4. The van der Waals surface area contributed by atoms with Gasteiger partial charge in [-0.25, -0.2) is 4.79 Å². The van der Waals surface area contributed by atoms with Gasteiger partial charge in [-0.2, -0.15) is 0 Å². The van der Waals surface area contributed by atoms with E-state index in [1.807, 2.05) is 0 Å². The number of carboxylic acids is 2. The first kappa shape index (κ1) is 28.6. The minimum Gasteiger partial charge on any atom is -0.481 e. The van der Waals surface area contributed by atoms with Crippen LogP contribution in [0.3, 0.4) is 0 Å². The van der Waals surface area contributed by atoms with Gasteiger partial charge < -0.3 is 48.1 Å². The number of aliphatic hydroxyl groups excluding tert-OH is 1. The fourth-order valence-corrected chi connectivity index (χ4v) is 3.44. The van der Waals surface area contributed by atoms with Crippen LogP contribution in [0.5, 0.6) is 0 Å². The third-order valence-corrected chi connectivity index (χ3v) is 5.18. The Morgan fingerprint density at radius 3 is 2.29 bits per heavy atom. The van der Waals surface area contributed by atoms with E-state index in [9.17, 15) is 34.2 Å². The second kappa shape index (κ2) is 13.3. The minimum atomic E-state index is -1.60. The molecule has 0 aromatic carbocycles. The number of hydrogen-bond acceptors (Lipinski definition) is 8. The van der Waals surface area contributed by atoms with E-state index in [2.05, 4.69) is 15.6 Å². The number of carbonyl (C=O) groups is 5. The SMILES string of the molecule is CC(O)C(NC(=O)C(N)CCCN=C(N)N)C(=O)NC(CC(=O)O)C(=O)N1CCCC1C(=O)O. The van der Waals surface area contributed by atoms with Gasteiger partial charge in [-0.15, -0.1) is 0 Å². The number of hydrogen-bond donors (Lipinski definition) is 8. The standard InChI is InChI=1S/C19H33N7O8/c1-9(27)14(25-15(30)10(20)4-2-6-23-19(21)22)16(31)24-11(8-13(28)29)17(32)26-7-3-5-12(26)18(33)34/h9-12,14,27H,2-8,20H2,1H3,(H,24,31)(H,25,30)(H,28,29)(H,33,34)(H4,21,22,23). The van der Waals surface area contributed by atoms with Crippen molar-refractivity contribution in [1.29, 1.82) is 0 Å². The molecule has 34 heavy (non-hydrogen) atoms. The van der Waals surface area contributed by atoms with E-state index in [1.54, 1.807) is 0 Å². The Hall–Kier alpha value is -3.46. The zero-order valence-corrected chi connectivity index (χ0v) is 18.8. The Kier molecular flexibility index (Phi) is 11.2. The van der Waals surface area contributed by atoms with Gasteiger partial charge in [-0.05, 0) is 32.6 Å². The lowest BCUT2D eigenvalue weighted by Crippen LogP contribution is -2.60. The summed E-state index contributed by atoms with van der Waals surface area (Å²) < 4.78 is 0. The fourth-order valence-electron chi connectivity index (χ4n) is 3.44. The lowest BCUT2D eigenvalue weighted by atomic mass is 10.1. The van der Waals surface area contributed by atoms with Crippen LogP contribution in [0, 0.1) is 0 Å². The lowest BCUT2D eigenvalue weighted by Gasteiger charge is -2.29. The second-order valence-corrected chi connectivity index (χ2v) is 7.97. The highest BCUT2D eigenvalue weighted by Gasteiger charge is 2.39. The highest BCUT2D eigenvalue weighted by Crippen LogP contribution is 2.19. The molecule has 1 saturated heterocycles. The summed E-state index contributed by atoms with van der Waals surface area (Å²) in [4.78, 5) is 65.4. The van der Waals surface area contributed by atoms with Crippen LogP contribution < -0.4 is 27.8 Å². The molecule has 0 aliphatic carbocycles. The summed E-state index contributed by atoms with van der Waals surface area (Å²) in [6, 6.07) is -5.34. The maximum absolute atomic E-state index is 12.8. The molecule has 1 aliphatic heterocycles. The number of nitrogens with zero attached hydrogens (tertiary/aromatic N) is 2. The first-order valence-corrected chi connectivity index (χ1v) is 10.7. The van der Waals surface area contributed by atoms with Gasteiger partial charge >= 0.3 is 11.9 Å². The van der Waals surface area contributed by atoms with Crippen molar-refractivity contribution in [2.24, 2.45) is 22.2 Å². The smallest absolute Gasteiger partial charge is 0.326 e. The second-order valence-electron chi connectivity index (χ2n) is 7.97. The van der Waals surface area contributed by atoms with Crippen LogP contribution >= 0.6 is 0 Å². The van der Waals surface area contributed by atoms with Crippen molar-refractivity contribution < 1.29 is 39.3 Å². The zero-order chi connectivity index (χ0) is 26.0. The molecule has 0 bridgehead atoms. The van der Waals surface area contributed by atoms with Crippen LogP contribution in [0.2, 0.25) is 0 Å². The van der Waals surface area contributed by atoms with Gasteiger partial charge in [0.15, 0.2) is 5.96 Å². The first-order chi connectivity index (χ1) is 15.8. The average Bonchev–Trinajstić information content (AvgIpc) is 3.23. The third-order valence-electron chi connectivity index (χ3n) is 5.18. The Balaban J connectivity index is 2.87. The van der Waals surface area contributed by atoms with Gasteiger partial charge in [0.1, 0.15) is 18.1 Å². The normalized spacial score (nSPS) is 18.8. The summed E-state index contributed by atoms with van der Waals surface area (Å²) in [6.07, 6.45) is -1.10. The number of rotatable bonds is 13. The summed E-state index contributed by atoms with van der Waals surface area (Å²) in [5.41, 5.74) is 16.2. The molecular formula is C19H33N7O8. The molecule has 5 atom stereocenters. The largest absolute Gasteiger partial charge is 0.481 e. The number of carbonyl (C=O) groups excluding carboxylic acids is 3. The molecular weight excluding hydrogens is 454 g/mol. The van der Waals surface area contributed by atoms with Crippen molar-refractivity contribution in [3.8, 4) is 0 Å². The number of nitrogens with two attached hydrogens (primary N) is 3. The number of nitrogens with one attached hydrogen (secondary N) is 2. The maximum atomic E-state index is 12.8. The molecule has 192 valence electrons. The molecule has 1 aliphatic rings. The van der Waals surface area contributed by atoms with Crippen LogP contribution in [-0.2, 0) is 24.0 Å². The summed E-state index contributed by atoms with van der Waals surface area (Å²) in [5, 5.41) is 32.9. The lowest BCUT2D eigenvalue weighted by molar-refractivity contribution is -0.150. The van der Waals surface area contributed by atoms with Gasteiger partial charge in [0.2, 0.25) is 17.7 Å². The van der Waals surface area contributed by atoms with E-state index in [-0.39, 0.29) is 31.9 Å². The zero-order valence-electron chi connectivity index (χ0n) is 18.8. The maximum Gasteiger partial charge on any atom is 0.326 e. The van der Waals surface area contributed by atoms with Gasteiger partial charge in [0, 0.05) is 13.1 Å². The van der Waals surface area contributed by atoms with E-state index >= 15 is 0 Å². The highest BCUT2D eigenvalue weighted by molar-refractivity contribution is 5.96. The molecule has 15 nitrogen and oxygen atoms in total. The first-order valence-electron chi connectivity index (χ1n) is 10.7. The van der Waals surface area contributed by atoms with Gasteiger partial charge in [-0.1, -0.05) is 0 Å². The predicted molar refractivity (Wildman–Crippen MR) is 118 cm³/mol. The van der Waals surface area contributed by atoms with E-state index < -0.39 is 66.4 Å². The van der Waals surface area contributed by atoms with E-state index in [4.69, 9.17) is 22.3 Å². The Labute approximate surface area is 195 Å². The fraction of sp³-hybridized carbons (Fsp3) is 0.684. The summed E-state index contributed by atoms with van der Waals surface area (Å²) >= 11 is 0. The van der Waals surface area contributed by atoms with Crippen molar-refractivity contribution >= 4 is 35.6 Å². The molecule has 5 unspecified atom stereocenters. The molecule has 11 N–H and O–H groups in total. The van der Waals surface area contributed by atoms with Crippen LogP contribution in [0.25, 0.3) is 0 Å². The molecule has 15 heteroatoms. The predicted octanol–water partition coefficient (Wildman–Crippen LogP) is -3.73. The number of aliphatic carboxylic acids is 2. The minimum absolute atomic E-state index is 0.0903. The van der Waals surface area contributed by atoms with E-state index in [0.717, 1.165) is 4.90 Å². The molecule has 1 rings (SSSR count). The average molecular weight is 488 g/mol. The molecule has 0 aromatic heterocycles. The van der Waals surface area contributed by atoms with Crippen LogP contribution in [0.15, 0.2) is 4.99 Å². The van der Waals surface area contributed by atoms with E-state index in [1.165, 1.54) is 6.92 Å². The van der Waals surface area contributed by atoms with Crippen molar-refractivity contribution in [3.05, 3.63) is 0 Å². The van der Waals surface area contributed by atoms with Crippen molar-refractivity contribution in [2.75, 3.05) is 13.1 Å². The number of guanidine groups is 1. The monoisotopic (exact) mass is 487 g/mol. The van der Waals surface area contributed by atoms with Crippen molar-refractivity contribution in [1.82, 2.24) is 15.5 Å². The van der Waals surface area contributed by atoms with Gasteiger partial charge in [0.05, 0.1) is 18.6 Å². The number of likely N-dealkylation sites (tertiary alicyclic amines) is 1. The summed E-state index contributed by atoms with van der Waals surface area (Å²) in [5.74, 6) is -5.44. The van der Waals surface area contributed by atoms with E-state index in [0.29, 0.717) is 12.8 Å². The van der Waals surface area contributed by atoms with Crippen molar-refractivity contribution in [2.45, 2.75) is 69.3 Å². The number of amides is 3. The molecule has 0 aromatic rings. The molecule has 0 saturated carbocycles. The molecule has 1 fully saturated rings. The number of aliphatic imine (C=N–C) groups is 1.